The third-order valence-corrected chi connectivity index (χ3v) is 4.24. The third-order valence-electron chi connectivity index (χ3n) is 3.95. The highest BCUT2D eigenvalue weighted by Gasteiger charge is 2.15. The van der Waals surface area contributed by atoms with E-state index in [4.69, 9.17) is 16.3 Å². The average molecular weight is 391 g/mol. The first-order valence-corrected chi connectivity index (χ1v) is 9.10. The van der Waals surface area contributed by atoms with Crippen molar-refractivity contribution in [2.75, 3.05) is 10.6 Å². The lowest BCUT2D eigenvalue weighted by Gasteiger charge is -2.14. The maximum atomic E-state index is 12.2. The van der Waals surface area contributed by atoms with Gasteiger partial charge < -0.3 is 15.2 Å². The third kappa shape index (κ3) is 6.49. The van der Waals surface area contributed by atoms with Crippen LogP contribution in [0.25, 0.3) is 0 Å². The van der Waals surface area contributed by atoms with Crippen molar-refractivity contribution in [1.82, 2.24) is 0 Å². The Labute approximate surface area is 163 Å². The predicted molar refractivity (Wildman–Crippen MR) is 106 cm³/mol. The fourth-order valence-corrected chi connectivity index (χ4v) is 2.52. The van der Waals surface area contributed by atoms with E-state index in [0.717, 1.165) is 5.56 Å². The molecule has 0 radical (unpaired) electrons. The van der Waals surface area contributed by atoms with Crippen molar-refractivity contribution in [1.29, 1.82) is 0 Å². The minimum atomic E-state index is -0.705. The number of aryl methyl sites for hydroxylation is 1. The number of halogens is 1. The smallest absolute Gasteiger partial charge is 0.412 e. The zero-order valence-corrected chi connectivity index (χ0v) is 16.0. The molecule has 1 atom stereocenters. The van der Waals surface area contributed by atoms with E-state index in [0.29, 0.717) is 24.9 Å². The summed E-state index contributed by atoms with van der Waals surface area (Å²) in [7, 11) is 0. The topological polar surface area (TPSA) is 87.7 Å². The quantitative estimate of drug-likeness (QED) is 0.460. The fraction of sp³-hybridized carbons (Fsp3) is 0.300. The first kappa shape index (κ1) is 20.6. The van der Waals surface area contributed by atoms with Crippen molar-refractivity contribution in [3.8, 4) is 5.75 Å². The molecule has 2 amide bonds. The van der Waals surface area contributed by atoms with E-state index in [2.05, 4.69) is 10.6 Å². The normalized spacial score (nSPS) is 11.5. The van der Waals surface area contributed by atoms with Gasteiger partial charge >= 0.3 is 6.09 Å². The number of benzene rings is 2. The zero-order chi connectivity index (χ0) is 19.8. The number of hydrogen-bond donors (Lipinski definition) is 3. The van der Waals surface area contributed by atoms with Crippen molar-refractivity contribution in [2.24, 2.45) is 0 Å². The van der Waals surface area contributed by atoms with Gasteiger partial charge in [0.15, 0.2) is 5.75 Å². The van der Waals surface area contributed by atoms with E-state index in [-0.39, 0.29) is 28.5 Å². The molecule has 7 heteroatoms. The van der Waals surface area contributed by atoms with Gasteiger partial charge in [-0.2, -0.15) is 0 Å². The zero-order valence-electron chi connectivity index (χ0n) is 15.3. The molecular weight excluding hydrogens is 368 g/mol. The van der Waals surface area contributed by atoms with Crippen molar-refractivity contribution >= 4 is 35.0 Å². The van der Waals surface area contributed by atoms with E-state index >= 15 is 0 Å². The van der Waals surface area contributed by atoms with E-state index < -0.39 is 6.09 Å². The van der Waals surface area contributed by atoms with Gasteiger partial charge in [0.25, 0.3) is 0 Å². The van der Waals surface area contributed by atoms with Gasteiger partial charge in [0.05, 0.1) is 10.7 Å². The number of anilines is 2. The second-order valence-corrected chi connectivity index (χ2v) is 6.54. The molecule has 2 rings (SSSR count). The molecule has 0 heterocycles. The molecule has 6 nitrogen and oxygen atoms in total. The lowest BCUT2D eigenvalue weighted by Crippen LogP contribution is -2.20. The molecule has 0 spiro atoms. The van der Waals surface area contributed by atoms with Crippen molar-refractivity contribution in [3.63, 3.8) is 0 Å². The molecule has 0 aromatic heterocycles. The highest BCUT2D eigenvalue weighted by Crippen LogP contribution is 2.35. The Balaban J connectivity index is 2.01. The number of aromatic hydroxyl groups is 1. The molecule has 27 heavy (non-hydrogen) atoms. The van der Waals surface area contributed by atoms with Gasteiger partial charge in [-0.3, -0.25) is 10.1 Å². The summed E-state index contributed by atoms with van der Waals surface area (Å²) in [5.41, 5.74) is 1.50. The number of phenolic OH excluding ortho intramolecular Hbond substituents is 1. The van der Waals surface area contributed by atoms with Gasteiger partial charge in [0.2, 0.25) is 5.91 Å². The Hall–Kier alpha value is -2.73. The van der Waals surface area contributed by atoms with Crippen LogP contribution < -0.4 is 10.6 Å². The van der Waals surface area contributed by atoms with E-state index in [1.165, 1.54) is 12.1 Å². The van der Waals surface area contributed by atoms with Gasteiger partial charge in [0, 0.05) is 12.1 Å². The summed E-state index contributed by atoms with van der Waals surface area (Å²) in [6.07, 6.45) is 0.593. The summed E-state index contributed by atoms with van der Waals surface area (Å²) in [6, 6.07) is 12.5. The van der Waals surface area contributed by atoms with Crippen LogP contribution in [0.1, 0.15) is 32.3 Å². The van der Waals surface area contributed by atoms with Crippen molar-refractivity contribution < 1.29 is 19.4 Å². The molecule has 2 aromatic rings. The summed E-state index contributed by atoms with van der Waals surface area (Å²) >= 11 is 6.00. The standard InChI is InChI=1S/C20H23ClN2O4/c1-3-13(2)27-20(26)23-17-12-15(11-16(21)19(17)25)22-18(24)10-9-14-7-5-4-6-8-14/h4-8,11-13,25H,3,9-10H2,1-2H3,(H,22,24)(H,23,26)/t13-/m1/s1. The van der Waals surface area contributed by atoms with Crippen LogP contribution in [0.2, 0.25) is 5.02 Å². The Morgan fingerprint density at radius 2 is 1.89 bits per heavy atom. The fourth-order valence-electron chi connectivity index (χ4n) is 2.30. The lowest BCUT2D eigenvalue weighted by molar-refractivity contribution is -0.116. The lowest BCUT2D eigenvalue weighted by atomic mass is 10.1. The predicted octanol–water partition coefficient (Wildman–Crippen LogP) is 4.96. The number of carbonyl (C=O) groups excluding carboxylic acids is 2. The molecule has 0 aliphatic carbocycles. The summed E-state index contributed by atoms with van der Waals surface area (Å²) in [6.45, 7) is 3.65. The van der Waals surface area contributed by atoms with Crippen LogP contribution in [0, 0.1) is 0 Å². The monoisotopic (exact) mass is 390 g/mol. The Kier molecular flexibility index (Phi) is 7.49. The molecule has 2 aromatic carbocycles. The minimum absolute atomic E-state index is 0.00898. The molecule has 0 aliphatic rings. The van der Waals surface area contributed by atoms with Crippen LogP contribution in [0.3, 0.4) is 0 Å². The molecule has 0 saturated heterocycles. The highest BCUT2D eigenvalue weighted by molar-refractivity contribution is 6.33. The first-order chi connectivity index (χ1) is 12.9. The molecule has 0 unspecified atom stereocenters. The highest BCUT2D eigenvalue weighted by atomic mass is 35.5. The van der Waals surface area contributed by atoms with E-state index in [1.54, 1.807) is 6.92 Å². The summed E-state index contributed by atoms with van der Waals surface area (Å²) in [4.78, 5) is 24.0. The van der Waals surface area contributed by atoms with Gasteiger partial charge in [-0.15, -0.1) is 0 Å². The second kappa shape index (κ2) is 9.83. The minimum Gasteiger partial charge on any atom is -0.504 e. The van der Waals surface area contributed by atoms with Gasteiger partial charge in [0.1, 0.15) is 6.10 Å². The summed E-state index contributed by atoms with van der Waals surface area (Å²) < 4.78 is 5.12. The molecule has 0 saturated carbocycles. The summed E-state index contributed by atoms with van der Waals surface area (Å²) in [5, 5.41) is 15.2. The van der Waals surface area contributed by atoms with Crippen LogP contribution in [0.4, 0.5) is 16.2 Å². The Morgan fingerprint density at radius 3 is 2.56 bits per heavy atom. The van der Waals surface area contributed by atoms with Crippen molar-refractivity contribution in [3.05, 3.63) is 53.1 Å². The SMILES string of the molecule is CC[C@@H](C)OC(=O)Nc1cc(NC(=O)CCc2ccccc2)cc(Cl)c1O. The number of nitrogens with one attached hydrogen (secondary N) is 2. The first-order valence-electron chi connectivity index (χ1n) is 8.73. The number of carbonyl (C=O) groups is 2. The maximum absolute atomic E-state index is 12.2. The molecule has 0 fully saturated rings. The van der Waals surface area contributed by atoms with E-state index in [9.17, 15) is 14.7 Å². The Bertz CT molecular complexity index is 796. The maximum Gasteiger partial charge on any atom is 0.412 e. The number of ether oxygens (including phenoxy) is 1. The van der Waals surface area contributed by atoms with Gasteiger partial charge in [-0.25, -0.2) is 4.79 Å². The largest absolute Gasteiger partial charge is 0.504 e. The van der Waals surface area contributed by atoms with Crippen LogP contribution in [0.5, 0.6) is 5.75 Å². The van der Waals surface area contributed by atoms with Crippen LogP contribution in [0.15, 0.2) is 42.5 Å². The van der Waals surface area contributed by atoms with Crippen LogP contribution in [-0.2, 0) is 16.0 Å². The number of hydrogen-bond acceptors (Lipinski definition) is 4. The van der Waals surface area contributed by atoms with Crippen molar-refractivity contribution in [2.45, 2.75) is 39.2 Å². The van der Waals surface area contributed by atoms with Gasteiger partial charge in [-0.1, -0.05) is 48.9 Å². The van der Waals surface area contributed by atoms with Crippen LogP contribution >= 0.6 is 11.6 Å². The molecule has 0 aliphatic heterocycles. The van der Waals surface area contributed by atoms with Gasteiger partial charge in [-0.05, 0) is 37.5 Å². The number of amides is 2. The summed E-state index contributed by atoms with van der Waals surface area (Å²) in [5.74, 6) is -0.492. The molecule has 3 N–H and O–H groups in total. The number of rotatable bonds is 7. The molecule has 0 bridgehead atoms. The second-order valence-electron chi connectivity index (χ2n) is 6.14. The molecule has 144 valence electrons. The molecular formula is C20H23ClN2O4. The van der Waals surface area contributed by atoms with Crippen LogP contribution in [-0.4, -0.2) is 23.2 Å². The van der Waals surface area contributed by atoms with E-state index in [1.807, 2.05) is 37.3 Å². The Morgan fingerprint density at radius 1 is 1.19 bits per heavy atom. The number of phenols is 1. The average Bonchev–Trinajstić information content (AvgIpc) is 2.64.